The number of thiocarbonyl (C=S) groups is 1. The van der Waals surface area contributed by atoms with Gasteiger partial charge in [0.2, 0.25) is 12.7 Å². The van der Waals surface area contributed by atoms with Crippen LogP contribution in [-0.4, -0.2) is 47.0 Å². The third-order valence-corrected chi connectivity index (χ3v) is 5.36. The largest absolute Gasteiger partial charge is 0.454 e. The molecule has 7 heteroatoms. The molecule has 1 N–H and O–H groups in total. The summed E-state index contributed by atoms with van der Waals surface area (Å²) in [7, 11) is 0. The van der Waals surface area contributed by atoms with Crippen LogP contribution in [0.2, 0.25) is 0 Å². The summed E-state index contributed by atoms with van der Waals surface area (Å²) in [5.74, 6) is 1.51. The normalized spacial score (nSPS) is 19.5. The third kappa shape index (κ3) is 3.51. The number of carbonyl (C=O) groups excluding carboxylic acids is 1. The maximum atomic E-state index is 12.8. The molecule has 0 bridgehead atoms. The lowest BCUT2D eigenvalue weighted by Crippen LogP contribution is -2.51. The van der Waals surface area contributed by atoms with E-state index in [1.807, 2.05) is 23.2 Å². The highest BCUT2D eigenvalue weighted by Gasteiger charge is 2.30. The molecular weight excluding hydrogens is 338 g/mol. The van der Waals surface area contributed by atoms with Gasteiger partial charge in [0.1, 0.15) is 0 Å². The number of nitrogens with zero attached hydrogens (tertiary/aromatic N) is 2. The number of hydrogen-bond donors (Lipinski definition) is 1. The molecule has 0 unspecified atom stereocenters. The first-order valence-electron chi connectivity index (χ1n) is 8.97. The number of amides is 1. The molecule has 2 fully saturated rings. The second kappa shape index (κ2) is 7.07. The van der Waals surface area contributed by atoms with Crippen LogP contribution in [0.5, 0.6) is 11.5 Å². The molecule has 1 saturated heterocycles. The number of hydrogen-bond acceptors (Lipinski definition) is 4. The molecule has 0 aromatic heterocycles. The van der Waals surface area contributed by atoms with E-state index in [2.05, 4.69) is 5.32 Å². The summed E-state index contributed by atoms with van der Waals surface area (Å²) in [5, 5.41) is 7.83. The first-order chi connectivity index (χ1) is 12.2. The Morgan fingerprint density at radius 1 is 1.12 bits per heavy atom. The lowest BCUT2D eigenvalue weighted by atomic mass is 10.1. The summed E-state index contributed by atoms with van der Waals surface area (Å²) in [4.78, 5) is 12.8. The Labute approximate surface area is 153 Å². The van der Waals surface area contributed by atoms with Crippen LogP contribution in [0.3, 0.4) is 0 Å². The zero-order valence-corrected chi connectivity index (χ0v) is 15.0. The Morgan fingerprint density at radius 2 is 1.88 bits per heavy atom. The average Bonchev–Trinajstić information content (AvgIpc) is 3.35. The van der Waals surface area contributed by atoms with Gasteiger partial charge in [0.15, 0.2) is 16.6 Å². The SMILES string of the molecule is O=C(Cc1ccc2c(c1)OCO2)N1CCCN1C(=S)NC1CCCC1. The van der Waals surface area contributed by atoms with Crippen molar-refractivity contribution in [2.75, 3.05) is 19.9 Å². The van der Waals surface area contributed by atoms with Crippen LogP contribution < -0.4 is 14.8 Å². The van der Waals surface area contributed by atoms with E-state index in [-0.39, 0.29) is 12.7 Å². The minimum Gasteiger partial charge on any atom is -0.454 e. The molecule has 4 rings (SSSR count). The van der Waals surface area contributed by atoms with E-state index >= 15 is 0 Å². The molecule has 0 radical (unpaired) electrons. The van der Waals surface area contributed by atoms with E-state index in [0.717, 1.165) is 30.8 Å². The van der Waals surface area contributed by atoms with Crippen LogP contribution >= 0.6 is 12.2 Å². The second-order valence-electron chi connectivity index (χ2n) is 6.79. The van der Waals surface area contributed by atoms with Crippen molar-refractivity contribution in [1.29, 1.82) is 0 Å². The van der Waals surface area contributed by atoms with Gasteiger partial charge in [-0.05, 0) is 49.2 Å². The van der Waals surface area contributed by atoms with Crippen LogP contribution in [0, 0.1) is 0 Å². The molecule has 1 aromatic carbocycles. The summed E-state index contributed by atoms with van der Waals surface area (Å²) in [6, 6.07) is 6.12. The number of rotatable bonds is 3. The molecular formula is C18H23N3O3S. The molecule has 1 saturated carbocycles. The van der Waals surface area contributed by atoms with Gasteiger partial charge in [-0.15, -0.1) is 0 Å². The highest BCUT2D eigenvalue weighted by molar-refractivity contribution is 7.80. The van der Waals surface area contributed by atoms with Gasteiger partial charge in [0, 0.05) is 19.1 Å². The molecule has 2 heterocycles. The van der Waals surface area contributed by atoms with Gasteiger partial charge in [-0.2, -0.15) is 0 Å². The number of carbonyl (C=O) groups is 1. The molecule has 6 nitrogen and oxygen atoms in total. The Balaban J connectivity index is 1.39. The van der Waals surface area contributed by atoms with E-state index in [1.165, 1.54) is 25.7 Å². The number of nitrogens with one attached hydrogen (secondary N) is 1. The smallest absolute Gasteiger partial charge is 0.245 e. The maximum Gasteiger partial charge on any atom is 0.245 e. The van der Waals surface area contributed by atoms with Gasteiger partial charge in [0.05, 0.1) is 6.42 Å². The van der Waals surface area contributed by atoms with Gasteiger partial charge in [-0.3, -0.25) is 14.8 Å². The first-order valence-corrected chi connectivity index (χ1v) is 9.38. The zero-order chi connectivity index (χ0) is 17.2. The first kappa shape index (κ1) is 16.4. The number of ether oxygens (including phenoxy) is 2. The minimum absolute atomic E-state index is 0.0620. The predicted molar refractivity (Wildman–Crippen MR) is 97.3 cm³/mol. The summed E-state index contributed by atoms with van der Waals surface area (Å²) in [6.07, 6.45) is 6.12. The Morgan fingerprint density at radius 3 is 2.72 bits per heavy atom. The summed E-state index contributed by atoms with van der Waals surface area (Å²) >= 11 is 5.56. The van der Waals surface area contributed by atoms with Crippen LogP contribution in [0.4, 0.5) is 0 Å². The molecule has 0 atom stereocenters. The average molecular weight is 361 g/mol. The van der Waals surface area contributed by atoms with Crippen LogP contribution in [0.25, 0.3) is 0 Å². The maximum absolute atomic E-state index is 12.8. The van der Waals surface area contributed by atoms with E-state index in [9.17, 15) is 4.79 Å². The van der Waals surface area contributed by atoms with Crippen molar-refractivity contribution in [1.82, 2.24) is 15.3 Å². The molecule has 1 aliphatic carbocycles. The molecule has 25 heavy (non-hydrogen) atoms. The van der Waals surface area contributed by atoms with Gasteiger partial charge in [0.25, 0.3) is 0 Å². The van der Waals surface area contributed by atoms with Gasteiger partial charge in [-0.1, -0.05) is 18.9 Å². The van der Waals surface area contributed by atoms with E-state index in [1.54, 1.807) is 5.01 Å². The van der Waals surface area contributed by atoms with Crippen LogP contribution in [0.15, 0.2) is 18.2 Å². The topological polar surface area (TPSA) is 54.0 Å². The van der Waals surface area contributed by atoms with Crippen molar-refractivity contribution in [2.45, 2.75) is 44.6 Å². The third-order valence-electron chi connectivity index (χ3n) is 5.03. The lowest BCUT2D eigenvalue weighted by Gasteiger charge is -2.31. The molecule has 2 aliphatic heterocycles. The minimum atomic E-state index is 0.0620. The Hall–Kier alpha value is -2.02. The van der Waals surface area contributed by atoms with Gasteiger partial charge in [-0.25, -0.2) is 0 Å². The van der Waals surface area contributed by atoms with Crippen LogP contribution in [-0.2, 0) is 11.2 Å². The molecule has 134 valence electrons. The van der Waals surface area contributed by atoms with Crippen molar-refractivity contribution in [2.24, 2.45) is 0 Å². The summed E-state index contributed by atoms with van der Waals surface area (Å²) < 4.78 is 10.7. The molecule has 1 amide bonds. The van der Waals surface area contributed by atoms with Crippen molar-refractivity contribution in [3.63, 3.8) is 0 Å². The fourth-order valence-corrected chi connectivity index (χ4v) is 4.07. The van der Waals surface area contributed by atoms with Crippen molar-refractivity contribution in [3.05, 3.63) is 23.8 Å². The quantitative estimate of drug-likeness (QED) is 0.834. The Kier molecular flexibility index (Phi) is 4.65. The van der Waals surface area contributed by atoms with Crippen molar-refractivity contribution in [3.8, 4) is 11.5 Å². The second-order valence-corrected chi connectivity index (χ2v) is 7.18. The van der Waals surface area contributed by atoms with E-state index in [0.29, 0.717) is 23.3 Å². The van der Waals surface area contributed by atoms with E-state index in [4.69, 9.17) is 21.7 Å². The van der Waals surface area contributed by atoms with Gasteiger partial charge >= 0.3 is 0 Å². The number of fused-ring (bicyclic) bond motifs is 1. The molecule has 3 aliphatic rings. The summed E-state index contributed by atoms with van der Waals surface area (Å²) in [6.45, 7) is 1.76. The highest BCUT2D eigenvalue weighted by atomic mass is 32.1. The lowest BCUT2D eigenvalue weighted by molar-refractivity contribution is -0.138. The number of benzene rings is 1. The standard InChI is InChI=1S/C18H23N3O3S/c22-17(11-13-6-7-15-16(10-13)24-12-23-15)20-8-3-9-21(20)18(25)19-14-4-1-2-5-14/h6-7,10,14H,1-5,8-9,11-12H2,(H,19,25). The number of hydrazine groups is 1. The molecule has 0 spiro atoms. The fourth-order valence-electron chi connectivity index (χ4n) is 3.72. The monoisotopic (exact) mass is 361 g/mol. The molecule has 1 aromatic rings. The van der Waals surface area contributed by atoms with Crippen molar-refractivity contribution < 1.29 is 14.3 Å². The Bertz CT molecular complexity index is 676. The fraction of sp³-hybridized carbons (Fsp3) is 0.556. The van der Waals surface area contributed by atoms with Crippen LogP contribution in [0.1, 0.15) is 37.7 Å². The highest BCUT2D eigenvalue weighted by Crippen LogP contribution is 2.32. The van der Waals surface area contributed by atoms with E-state index < -0.39 is 0 Å². The zero-order valence-electron chi connectivity index (χ0n) is 14.2. The van der Waals surface area contributed by atoms with Gasteiger partial charge < -0.3 is 14.8 Å². The predicted octanol–water partition coefficient (Wildman–Crippen LogP) is 2.22. The van der Waals surface area contributed by atoms with Crippen molar-refractivity contribution >= 4 is 23.2 Å². The summed E-state index contributed by atoms with van der Waals surface area (Å²) in [5.41, 5.74) is 0.927.